The van der Waals surface area contributed by atoms with Crippen molar-refractivity contribution in [2.24, 2.45) is 0 Å². The molecule has 0 radical (unpaired) electrons. The molecule has 0 spiro atoms. The van der Waals surface area contributed by atoms with Crippen molar-refractivity contribution in [1.82, 2.24) is 9.97 Å². The second-order valence-electron chi connectivity index (χ2n) is 4.93. The van der Waals surface area contributed by atoms with Crippen LogP contribution in [0.2, 0.25) is 0 Å². The summed E-state index contributed by atoms with van der Waals surface area (Å²) in [5, 5.41) is 3.09. The van der Waals surface area contributed by atoms with Crippen LogP contribution in [0.3, 0.4) is 0 Å². The fraction of sp³-hybridized carbons (Fsp3) is 0.375. The normalized spacial score (nSPS) is 10.8. The molecule has 3 nitrogen and oxygen atoms in total. The van der Waals surface area contributed by atoms with Crippen molar-refractivity contribution in [3.63, 3.8) is 0 Å². The predicted octanol–water partition coefficient (Wildman–Crippen LogP) is 3.87. The second kappa shape index (κ2) is 5.83. The van der Waals surface area contributed by atoms with Crippen molar-refractivity contribution in [1.29, 1.82) is 0 Å². The standard InChI is InChI=1S/C16H21N3/c1-5-15-18-14(10-16(17-4)19-15)13-8-6-12(7-9-13)11(2)3/h6-11H,5H2,1-4H3,(H,17,18,19). The molecule has 0 unspecified atom stereocenters. The molecule has 0 saturated heterocycles. The minimum Gasteiger partial charge on any atom is -0.373 e. The van der Waals surface area contributed by atoms with Crippen LogP contribution in [0, 0.1) is 0 Å². The number of hydrogen-bond acceptors (Lipinski definition) is 3. The van der Waals surface area contributed by atoms with E-state index < -0.39 is 0 Å². The molecule has 1 aromatic carbocycles. The second-order valence-corrected chi connectivity index (χ2v) is 4.93. The van der Waals surface area contributed by atoms with Crippen LogP contribution in [0.4, 0.5) is 5.82 Å². The van der Waals surface area contributed by atoms with Crippen LogP contribution in [0.1, 0.15) is 38.1 Å². The van der Waals surface area contributed by atoms with E-state index in [1.807, 2.05) is 13.1 Å². The van der Waals surface area contributed by atoms with Gasteiger partial charge in [0.15, 0.2) is 0 Å². The lowest BCUT2D eigenvalue weighted by Gasteiger charge is -2.09. The number of benzene rings is 1. The molecule has 0 saturated carbocycles. The molecule has 3 heteroatoms. The Hall–Kier alpha value is -1.90. The van der Waals surface area contributed by atoms with Gasteiger partial charge in [0.05, 0.1) is 5.69 Å². The zero-order chi connectivity index (χ0) is 13.8. The van der Waals surface area contributed by atoms with Crippen LogP contribution in [0.5, 0.6) is 0 Å². The first kappa shape index (κ1) is 13.5. The molecule has 0 aliphatic heterocycles. The van der Waals surface area contributed by atoms with Gasteiger partial charge in [-0.3, -0.25) is 0 Å². The Morgan fingerprint density at radius 3 is 2.32 bits per heavy atom. The number of anilines is 1. The highest BCUT2D eigenvalue weighted by atomic mass is 15.0. The first-order chi connectivity index (χ1) is 9.13. The van der Waals surface area contributed by atoms with E-state index >= 15 is 0 Å². The van der Waals surface area contributed by atoms with Gasteiger partial charge >= 0.3 is 0 Å². The summed E-state index contributed by atoms with van der Waals surface area (Å²) >= 11 is 0. The molecule has 100 valence electrons. The summed E-state index contributed by atoms with van der Waals surface area (Å²) in [5.74, 6) is 2.29. The van der Waals surface area contributed by atoms with E-state index in [4.69, 9.17) is 0 Å². The van der Waals surface area contributed by atoms with E-state index in [2.05, 4.69) is 60.3 Å². The number of aromatic nitrogens is 2. The Morgan fingerprint density at radius 2 is 1.79 bits per heavy atom. The third kappa shape index (κ3) is 3.11. The molecule has 0 amide bonds. The molecule has 1 aromatic heterocycles. The summed E-state index contributed by atoms with van der Waals surface area (Å²) in [6.07, 6.45) is 0.840. The fourth-order valence-electron chi connectivity index (χ4n) is 1.97. The van der Waals surface area contributed by atoms with Crippen LogP contribution in [-0.2, 0) is 6.42 Å². The maximum atomic E-state index is 4.59. The lowest BCUT2D eigenvalue weighted by atomic mass is 10.0. The highest BCUT2D eigenvalue weighted by molar-refractivity contribution is 5.62. The predicted molar refractivity (Wildman–Crippen MR) is 80.5 cm³/mol. The van der Waals surface area contributed by atoms with Crippen LogP contribution < -0.4 is 5.32 Å². The highest BCUT2D eigenvalue weighted by Gasteiger charge is 2.06. The Morgan fingerprint density at radius 1 is 1.11 bits per heavy atom. The van der Waals surface area contributed by atoms with E-state index in [-0.39, 0.29) is 0 Å². The van der Waals surface area contributed by atoms with Crippen molar-refractivity contribution < 1.29 is 0 Å². The summed E-state index contributed by atoms with van der Waals surface area (Å²) in [7, 11) is 1.88. The summed E-state index contributed by atoms with van der Waals surface area (Å²) in [6.45, 7) is 6.47. The van der Waals surface area contributed by atoms with E-state index in [0.29, 0.717) is 5.92 Å². The zero-order valence-electron chi connectivity index (χ0n) is 12.1. The number of aryl methyl sites for hydroxylation is 1. The van der Waals surface area contributed by atoms with Crippen molar-refractivity contribution in [3.05, 3.63) is 41.7 Å². The Bertz CT molecular complexity index is 522. The minimum atomic E-state index is 0.554. The van der Waals surface area contributed by atoms with Crippen LogP contribution in [0.15, 0.2) is 30.3 Å². The van der Waals surface area contributed by atoms with Crippen molar-refractivity contribution in [3.8, 4) is 11.3 Å². The van der Waals surface area contributed by atoms with E-state index in [1.165, 1.54) is 5.56 Å². The Balaban J connectivity index is 2.40. The zero-order valence-corrected chi connectivity index (χ0v) is 12.1. The minimum absolute atomic E-state index is 0.554. The van der Waals surface area contributed by atoms with Gasteiger partial charge in [-0.05, 0) is 11.5 Å². The van der Waals surface area contributed by atoms with E-state index in [9.17, 15) is 0 Å². The molecule has 0 bridgehead atoms. The molecular weight excluding hydrogens is 234 g/mol. The number of rotatable bonds is 4. The summed E-state index contributed by atoms with van der Waals surface area (Å²) in [5.41, 5.74) is 3.46. The molecular formula is C16H21N3. The first-order valence-electron chi connectivity index (χ1n) is 6.80. The van der Waals surface area contributed by atoms with Crippen molar-refractivity contribution in [2.45, 2.75) is 33.1 Å². The maximum Gasteiger partial charge on any atom is 0.131 e. The highest BCUT2D eigenvalue weighted by Crippen LogP contribution is 2.23. The molecule has 1 heterocycles. The van der Waals surface area contributed by atoms with Crippen molar-refractivity contribution in [2.75, 3.05) is 12.4 Å². The molecule has 0 fully saturated rings. The average molecular weight is 255 g/mol. The van der Waals surface area contributed by atoms with Gasteiger partial charge < -0.3 is 5.32 Å². The molecule has 1 N–H and O–H groups in total. The smallest absolute Gasteiger partial charge is 0.131 e. The molecule has 0 aliphatic carbocycles. The molecule has 2 aromatic rings. The van der Waals surface area contributed by atoms with Gasteiger partial charge in [0, 0.05) is 25.1 Å². The van der Waals surface area contributed by atoms with Crippen LogP contribution in [-0.4, -0.2) is 17.0 Å². The monoisotopic (exact) mass is 255 g/mol. The quantitative estimate of drug-likeness (QED) is 0.901. The van der Waals surface area contributed by atoms with Gasteiger partial charge in [-0.25, -0.2) is 9.97 Å². The van der Waals surface area contributed by atoms with Gasteiger partial charge in [-0.15, -0.1) is 0 Å². The van der Waals surface area contributed by atoms with Gasteiger partial charge in [-0.2, -0.15) is 0 Å². The van der Waals surface area contributed by atoms with Crippen LogP contribution in [0.25, 0.3) is 11.3 Å². The Kier molecular flexibility index (Phi) is 4.15. The number of hydrogen-bond donors (Lipinski definition) is 1. The van der Waals surface area contributed by atoms with Gasteiger partial charge in [-0.1, -0.05) is 45.0 Å². The third-order valence-corrected chi connectivity index (χ3v) is 3.22. The third-order valence-electron chi connectivity index (χ3n) is 3.22. The Labute approximate surface area is 115 Å². The molecule has 2 rings (SSSR count). The lowest BCUT2D eigenvalue weighted by molar-refractivity contribution is 0.867. The summed E-state index contributed by atoms with van der Waals surface area (Å²) in [4.78, 5) is 9.01. The molecule has 0 aliphatic rings. The van der Waals surface area contributed by atoms with Gasteiger partial charge in [0.25, 0.3) is 0 Å². The number of nitrogens with zero attached hydrogens (tertiary/aromatic N) is 2. The fourth-order valence-corrected chi connectivity index (χ4v) is 1.97. The lowest BCUT2D eigenvalue weighted by Crippen LogP contribution is -2.00. The molecule has 0 atom stereocenters. The summed E-state index contributed by atoms with van der Waals surface area (Å²) < 4.78 is 0. The largest absolute Gasteiger partial charge is 0.373 e. The first-order valence-corrected chi connectivity index (χ1v) is 6.80. The average Bonchev–Trinajstić information content (AvgIpc) is 2.46. The summed E-state index contributed by atoms with van der Waals surface area (Å²) in [6, 6.07) is 10.6. The van der Waals surface area contributed by atoms with Gasteiger partial charge in [0.2, 0.25) is 0 Å². The van der Waals surface area contributed by atoms with E-state index in [1.54, 1.807) is 0 Å². The van der Waals surface area contributed by atoms with Crippen molar-refractivity contribution >= 4 is 5.82 Å². The van der Waals surface area contributed by atoms with Crippen LogP contribution >= 0.6 is 0 Å². The topological polar surface area (TPSA) is 37.8 Å². The SMILES string of the molecule is CCc1nc(NC)cc(-c2ccc(C(C)C)cc2)n1. The maximum absolute atomic E-state index is 4.59. The molecule has 19 heavy (non-hydrogen) atoms. The van der Waals surface area contributed by atoms with Gasteiger partial charge in [0.1, 0.15) is 11.6 Å². The number of nitrogens with one attached hydrogen (secondary N) is 1. The van der Waals surface area contributed by atoms with E-state index in [0.717, 1.165) is 29.3 Å².